The molecule has 148 valence electrons. The first-order chi connectivity index (χ1) is 13.6. The summed E-state index contributed by atoms with van der Waals surface area (Å²) in [7, 11) is 0. The van der Waals surface area contributed by atoms with E-state index in [1.54, 1.807) is 16.7 Å². The second-order valence-electron chi connectivity index (χ2n) is 9.05. The Morgan fingerprint density at radius 1 is 1.14 bits per heavy atom. The average Bonchev–Trinajstić information content (AvgIpc) is 3.49. The van der Waals surface area contributed by atoms with Crippen molar-refractivity contribution in [3.05, 3.63) is 46.5 Å². The summed E-state index contributed by atoms with van der Waals surface area (Å²) in [6, 6.07) is 7.31. The van der Waals surface area contributed by atoms with Crippen LogP contribution < -0.4 is 5.56 Å². The van der Waals surface area contributed by atoms with E-state index in [4.69, 9.17) is 4.98 Å². The zero-order chi connectivity index (χ0) is 19.1. The van der Waals surface area contributed by atoms with Crippen molar-refractivity contribution >= 4 is 11.6 Å². The van der Waals surface area contributed by atoms with E-state index in [0.717, 1.165) is 50.6 Å². The van der Waals surface area contributed by atoms with Crippen LogP contribution in [0.4, 0.5) is 0 Å². The molecule has 6 heteroatoms. The molecule has 2 aliphatic heterocycles. The molecule has 0 N–H and O–H groups in total. The van der Waals surface area contributed by atoms with E-state index >= 15 is 0 Å². The number of rotatable bonds is 4. The molecule has 1 amide bonds. The molecule has 2 aromatic rings. The van der Waals surface area contributed by atoms with Crippen LogP contribution in [0.15, 0.2) is 35.3 Å². The fourth-order valence-corrected chi connectivity index (χ4v) is 5.07. The third kappa shape index (κ3) is 3.58. The van der Waals surface area contributed by atoms with E-state index in [2.05, 4.69) is 9.80 Å². The maximum Gasteiger partial charge on any atom is 0.258 e. The van der Waals surface area contributed by atoms with Crippen molar-refractivity contribution in [3.8, 4) is 0 Å². The molecule has 2 saturated heterocycles. The number of pyridine rings is 1. The second-order valence-corrected chi connectivity index (χ2v) is 9.05. The first kappa shape index (κ1) is 17.9. The Morgan fingerprint density at radius 3 is 2.89 bits per heavy atom. The third-order valence-electron chi connectivity index (χ3n) is 6.67. The van der Waals surface area contributed by atoms with Crippen LogP contribution in [0.1, 0.15) is 44.2 Å². The van der Waals surface area contributed by atoms with Gasteiger partial charge in [0.25, 0.3) is 5.56 Å². The Labute approximate surface area is 165 Å². The van der Waals surface area contributed by atoms with Crippen molar-refractivity contribution in [2.75, 3.05) is 26.2 Å². The third-order valence-corrected chi connectivity index (χ3v) is 6.67. The van der Waals surface area contributed by atoms with Gasteiger partial charge < -0.3 is 4.90 Å². The Kier molecular flexibility index (Phi) is 4.46. The van der Waals surface area contributed by atoms with Gasteiger partial charge in [0, 0.05) is 50.3 Å². The predicted molar refractivity (Wildman–Crippen MR) is 107 cm³/mol. The molecule has 0 aromatic carbocycles. The molecule has 3 fully saturated rings. The fourth-order valence-electron chi connectivity index (χ4n) is 5.07. The molecule has 1 aliphatic carbocycles. The quantitative estimate of drug-likeness (QED) is 0.817. The smallest absolute Gasteiger partial charge is 0.258 e. The van der Waals surface area contributed by atoms with Gasteiger partial charge >= 0.3 is 0 Å². The Morgan fingerprint density at radius 2 is 2.04 bits per heavy atom. The van der Waals surface area contributed by atoms with Gasteiger partial charge in [0.2, 0.25) is 5.91 Å². The number of carbonyl (C=O) groups excluding carboxylic acids is 1. The summed E-state index contributed by atoms with van der Waals surface area (Å²) in [5.41, 5.74) is 1.74. The normalized spacial score (nSPS) is 26.3. The lowest BCUT2D eigenvalue weighted by Crippen LogP contribution is -2.54. The van der Waals surface area contributed by atoms with E-state index in [9.17, 15) is 9.59 Å². The average molecular weight is 380 g/mol. The zero-order valence-corrected chi connectivity index (χ0v) is 16.3. The zero-order valence-electron chi connectivity index (χ0n) is 16.3. The highest BCUT2D eigenvalue weighted by Crippen LogP contribution is 2.40. The van der Waals surface area contributed by atoms with Gasteiger partial charge in [-0.15, -0.1) is 0 Å². The number of piperidine rings is 2. The number of nitrogens with zero attached hydrogens (tertiary/aromatic N) is 4. The fraction of sp³-hybridized carbons (Fsp3) is 0.591. The summed E-state index contributed by atoms with van der Waals surface area (Å²) in [4.78, 5) is 34.0. The summed E-state index contributed by atoms with van der Waals surface area (Å²) >= 11 is 0. The van der Waals surface area contributed by atoms with Crippen LogP contribution in [0.5, 0.6) is 0 Å². The van der Waals surface area contributed by atoms with Crippen molar-refractivity contribution in [1.29, 1.82) is 0 Å². The van der Waals surface area contributed by atoms with Gasteiger partial charge in [-0.2, -0.15) is 0 Å². The van der Waals surface area contributed by atoms with Gasteiger partial charge in [-0.25, -0.2) is 4.98 Å². The van der Waals surface area contributed by atoms with Crippen molar-refractivity contribution < 1.29 is 4.79 Å². The molecule has 1 atom stereocenters. The first-order valence-electron chi connectivity index (χ1n) is 10.6. The molecule has 1 saturated carbocycles. The number of amides is 1. The molecular weight excluding hydrogens is 352 g/mol. The van der Waals surface area contributed by atoms with Crippen LogP contribution in [0.2, 0.25) is 0 Å². The maximum absolute atomic E-state index is 12.4. The van der Waals surface area contributed by atoms with E-state index in [1.165, 1.54) is 19.3 Å². The molecular formula is C22H28N4O2. The van der Waals surface area contributed by atoms with Crippen molar-refractivity contribution in [3.63, 3.8) is 0 Å². The van der Waals surface area contributed by atoms with Crippen molar-refractivity contribution in [2.45, 2.75) is 45.1 Å². The van der Waals surface area contributed by atoms with Crippen molar-refractivity contribution in [1.82, 2.24) is 19.2 Å². The molecule has 0 bridgehead atoms. The van der Waals surface area contributed by atoms with E-state index < -0.39 is 0 Å². The van der Waals surface area contributed by atoms with Gasteiger partial charge in [-0.1, -0.05) is 6.07 Å². The van der Waals surface area contributed by atoms with Crippen LogP contribution in [0, 0.1) is 11.3 Å². The largest absolute Gasteiger partial charge is 0.342 e. The highest BCUT2D eigenvalue weighted by Gasteiger charge is 2.42. The lowest BCUT2D eigenvalue weighted by molar-refractivity contribution is -0.139. The lowest BCUT2D eigenvalue weighted by atomic mass is 9.73. The monoisotopic (exact) mass is 380 g/mol. The highest BCUT2D eigenvalue weighted by atomic mass is 16.2. The van der Waals surface area contributed by atoms with Crippen LogP contribution >= 0.6 is 0 Å². The summed E-state index contributed by atoms with van der Waals surface area (Å²) < 4.78 is 1.59. The molecule has 6 nitrogen and oxygen atoms in total. The minimum atomic E-state index is -0.0220. The number of fused-ring (bicyclic) bond motifs is 1. The molecule has 2 aromatic heterocycles. The number of hydrogen-bond donors (Lipinski definition) is 0. The topological polar surface area (TPSA) is 57.9 Å². The highest BCUT2D eigenvalue weighted by molar-refractivity contribution is 5.77. The number of hydrogen-bond acceptors (Lipinski definition) is 4. The number of carbonyl (C=O) groups is 1. The van der Waals surface area contributed by atoms with Crippen LogP contribution in [-0.2, 0) is 11.3 Å². The van der Waals surface area contributed by atoms with Crippen molar-refractivity contribution in [2.24, 2.45) is 11.3 Å². The van der Waals surface area contributed by atoms with Gasteiger partial charge in [-0.05, 0) is 56.7 Å². The molecule has 0 unspecified atom stereocenters. The number of likely N-dealkylation sites (tertiary alicyclic amines) is 2. The first-order valence-corrected chi connectivity index (χ1v) is 10.6. The lowest BCUT2D eigenvalue weighted by Gasteiger charge is -2.48. The summed E-state index contributed by atoms with van der Waals surface area (Å²) in [6.07, 6.45) is 8.37. The maximum atomic E-state index is 12.4. The minimum absolute atomic E-state index is 0.0220. The molecule has 0 radical (unpaired) electrons. The number of aromatic nitrogens is 2. The molecule has 5 rings (SSSR count). The van der Waals surface area contributed by atoms with Crippen LogP contribution in [0.25, 0.3) is 5.65 Å². The standard InChI is InChI=1S/C22H28N4O2/c27-20-7-9-22(16-25(20)13-17-5-6-17)8-3-10-24(15-22)14-18-12-21(28)26-11-2-1-4-19(26)23-18/h1-2,4,11-12,17H,3,5-10,13-16H2/t22-/m0/s1. The molecule has 1 spiro atoms. The predicted octanol–water partition coefficient (Wildman–Crippen LogP) is 2.31. The van der Waals surface area contributed by atoms with Gasteiger partial charge in [-0.3, -0.25) is 18.9 Å². The molecule has 28 heavy (non-hydrogen) atoms. The van der Waals surface area contributed by atoms with E-state index in [-0.39, 0.29) is 11.0 Å². The van der Waals surface area contributed by atoms with Crippen LogP contribution in [0.3, 0.4) is 0 Å². The Balaban J connectivity index is 1.31. The SMILES string of the molecule is O=C1CC[C@]2(CCCN(Cc3cc(=O)n4ccccc4n3)C2)CN1CC1CC1. The van der Waals surface area contributed by atoms with Gasteiger partial charge in [0.05, 0.1) is 5.69 Å². The summed E-state index contributed by atoms with van der Waals surface area (Å²) in [6.45, 7) is 4.61. The Hall–Kier alpha value is -2.21. The van der Waals surface area contributed by atoms with E-state index in [1.807, 2.05) is 18.2 Å². The minimum Gasteiger partial charge on any atom is -0.342 e. The summed E-state index contributed by atoms with van der Waals surface area (Å²) in [5.74, 6) is 1.09. The van der Waals surface area contributed by atoms with Gasteiger partial charge in [0.15, 0.2) is 0 Å². The Bertz CT molecular complexity index is 951. The van der Waals surface area contributed by atoms with Gasteiger partial charge in [0.1, 0.15) is 5.65 Å². The second kappa shape index (κ2) is 6.99. The molecule has 4 heterocycles. The van der Waals surface area contributed by atoms with E-state index in [0.29, 0.717) is 24.5 Å². The van der Waals surface area contributed by atoms with Crippen LogP contribution in [-0.4, -0.2) is 51.3 Å². The summed E-state index contributed by atoms with van der Waals surface area (Å²) in [5, 5.41) is 0. The molecule has 3 aliphatic rings.